The standard InChI is InChI=1S/C22H23F4N3O3/c23-14-4-3-6-16-20(14)32-18(21(31)28-15-5-1-2-7-17(15)30)12-29(16)11-13-8-9-19(27-10-13)22(24,25)26/h3-4,6,8-10,15,17-18,30H,1-2,5,7,11-12H2,(H,28,31)/t15-,17-,18?/m0/s1. The van der Waals surface area contributed by atoms with Gasteiger partial charge in [0, 0.05) is 12.7 Å². The van der Waals surface area contributed by atoms with Gasteiger partial charge < -0.3 is 20.1 Å². The van der Waals surface area contributed by atoms with Gasteiger partial charge >= 0.3 is 6.18 Å². The van der Waals surface area contributed by atoms with Crippen LogP contribution in [0.25, 0.3) is 0 Å². The minimum atomic E-state index is -4.54. The fourth-order valence-electron chi connectivity index (χ4n) is 4.09. The highest BCUT2D eigenvalue weighted by molar-refractivity contribution is 5.83. The van der Waals surface area contributed by atoms with Crippen molar-refractivity contribution in [1.82, 2.24) is 10.3 Å². The number of aromatic nitrogens is 1. The molecule has 2 aliphatic rings. The lowest BCUT2D eigenvalue weighted by Gasteiger charge is -2.37. The summed E-state index contributed by atoms with van der Waals surface area (Å²) in [5.41, 5.74) is -0.137. The second-order valence-corrected chi connectivity index (χ2v) is 8.09. The summed E-state index contributed by atoms with van der Waals surface area (Å²) in [5.74, 6) is -1.21. The molecule has 1 amide bonds. The van der Waals surface area contributed by atoms with Gasteiger partial charge in [0.15, 0.2) is 17.7 Å². The second-order valence-electron chi connectivity index (χ2n) is 8.09. The summed E-state index contributed by atoms with van der Waals surface area (Å²) in [7, 11) is 0. The molecule has 1 aliphatic carbocycles. The molecular weight excluding hydrogens is 430 g/mol. The van der Waals surface area contributed by atoms with Gasteiger partial charge in [-0.15, -0.1) is 0 Å². The van der Waals surface area contributed by atoms with E-state index < -0.39 is 41.8 Å². The molecule has 2 N–H and O–H groups in total. The molecule has 6 nitrogen and oxygen atoms in total. The number of hydrogen-bond acceptors (Lipinski definition) is 5. The predicted molar refractivity (Wildman–Crippen MR) is 108 cm³/mol. The Bertz CT molecular complexity index is 968. The first kappa shape index (κ1) is 22.3. The van der Waals surface area contributed by atoms with Crippen molar-refractivity contribution >= 4 is 11.6 Å². The number of carbonyl (C=O) groups excluding carboxylic acids is 1. The number of aliphatic hydroxyl groups is 1. The van der Waals surface area contributed by atoms with E-state index in [0.29, 0.717) is 24.1 Å². The van der Waals surface area contributed by atoms with Crippen molar-refractivity contribution in [2.24, 2.45) is 0 Å². The lowest BCUT2D eigenvalue weighted by molar-refractivity contribution is -0.141. The van der Waals surface area contributed by atoms with Crippen LogP contribution < -0.4 is 15.0 Å². The molecule has 1 fully saturated rings. The van der Waals surface area contributed by atoms with Gasteiger partial charge in [-0.05, 0) is 36.6 Å². The van der Waals surface area contributed by atoms with Gasteiger partial charge in [0.1, 0.15) is 5.69 Å². The SMILES string of the molecule is O=C(N[C@H]1CCCC[C@@H]1O)C1CN(Cc2ccc(C(F)(F)F)nc2)c2cccc(F)c2O1. The third kappa shape index (κ3) is 4.79. The molecule has 2 aromatic rings. The van der Waals surface area contributed by atoms with E-state index in [1.807, 2.05) is 0 Å². The number of hydrogen-bond donors (Lipinski definition) is 2. The van der Waals surface area contributed by atoms with Crippen molar-refractivity contribution in [3.05, 3.63) is 53.6 Å². The Kier molecular flexibility index (Phi) is 6.23. The fraction of sp³-hybridized carbons (Fsp3) is 0.455. The first-order chi connectivity index (χ1) is 15.2. The van der Waals surface area contributed by atoms with Gasteiger partial charge in [0.2, 0.25) is 0 Å². The van der Waals surface area contributed by atoms with Crippen molar-refractivity contribution in [3.8, 4) is 5.75 Å². The Hall–Kier alpha value is -2.88. The number of carbonyl (C=O) groups is 1. The van der Waals surface area contributed by atoms with Gasteiger partial charge in [-0.25, -0.2) is 4.39 Å². The third-order valence-corrected chi connectivity index (χ3v) is 5.77. The van der Waals surface area contributed by atoms with E-state index >= 15 is 0 Å². The largest absolute Gasteiger partial charge is 0.473 e. The van der Waals surface area contributed by atoms with Crippen LogP contribution in [0.2, 0.25) is 0 Å². The monoisotopic (exact) mass is 453 g/mol. The maximum absolute atomic E-state index is 14.5. The molecule has 0 saturated heterocycles. The number of alkyl halides is 3. The average Bonchev–Trinajstić information content (AvgIpc) is 2.75. The summed E-state index contributed by atoms with van der Waals surface area (Å²) in [6.45, 7) is 0.174. The second kappa shape index (κ2) is 8.93. The first-order valence-corrected chi connectivity index (χ1v) is 10.4. The van der Waals surface area contributed by atoms with Crippen molar-refractivity contribution in [3.63, 3.8) is 0 Å². The number of benzene rings is 1. The van der Waals surface area contributed by atoms with E-state index in [9.17, 15) is 27.5 Å². The van der Waals surface area contributed by atoms with Crippen molar-refractivity contribution in [2.45, 2.75) is 56.7 Å². The topological polar surface area (TPSA) is 74.7 Å². The van der Waals surface area contributed by atoms with Gasteiger partial charge in [-0.3, -0.25) is 9.78 Å². The number of fused-ring (bicyclic) bond motifs is 1. The number of rotatable bonds is 4. The number of anilines is 1. The minimum absolute atomic E-state index is 0.0616. The molecular formula is C22H23F4N3O3. The number of aliphatic hydroxyl groups excluding tert-OH is 1. The fourth-order valence-corrected chi connectivity index (χ4v) is 4.09. The molecule has 1 aromatic carbocycles. The van der Waals surface area contributed by atoms with Crippen LogP contribution in [-0.4, -0.2) is 40.8 Å². The van der Waals surface area contributed by atoms with Crippen molar-refractivity contribution in [2.75, 3.05) is 11.4 Å². The normalized spacial score (nSPS) is 23.3. The molecule has 10 heteroatoms. The molecule has 0 radical (unpaired) electrons. The number of nitrogens with zero attached hydrogens (tertiary/aromatic N) is 2. The third-order valence-electron chi connectivity index (χ3n) is 5.77. The van der Waals surface area contributed by atoms with Gasteiger partial charge in [0.25, 0.3) is 5.91 Å². The first-order valence-electron chi connectivity index (χ1n) is 10.4. The van der Waals surface area contributed by atoms with E-state index in [4.69, 9.17) is 4.74 Å². The summed E-state index contributed by atoms with van der Waals surface area (Å²) in [4.78, 5) is 18.0. The number of amides is 1. The zero-order chi connectivity index (χ0) is 22.9. The molecule has 4 rings (SSSR count). The highest BCUT2D eigenvalue weighted by Gasteiger charge is 2.35. The molecule has 1 saturated carbocycles. The number of ether oxygens (including phenoxy) is 1. The van der Waals surface area contributed by atoms with Crippen molar-refractivity contribution in [1.29, 1.82) is 0 Å². The average molecular weight is 453 g/mol. The molecule has 172 valence electrons. The lowest BCUT2D eigenvalue weighted by Crippen LogP contribution is -2.54. The minimum Gasteiger partial charge on any atom is -0.473 e. The Labute approximate surface area is 182 Å². The van der Waals surface area contributed by atoms with Crippen LogP contribution in [-0.2, 0) is 17.5 Å². The molecule has 1 unspecified atom stereocenters. The molecule has 3 atom stereocenters. The van der Waals surface area contributed by atoms with Gasteiger partial charge in [0.05, 0.1) is 24.4 Å². The van der Waals surface area contributed by atoms with Gasteiger partial charge in [-0.2, -0.15) is 13.2 Å². The smallest absolute Gasteiger partial charge is 0.433 e. The summed E-state index contributed by atoms with van der Waals surface area (Å²) < 4.78 is 58.5. The quantitative estimate of drug-likeness (QED) is 0.694. The van der Waals surface area contributed by atoms with Crippen molar-refractivity contribution < 1.29 is 32.2 Å². The Morgan fingerprint density at radius 1 is 1.22 bits per heavy atom. The number of nitrogens with one attached hydrogen (secondary N) is 1. The number of pyridine rings is 1. The Morgan fingerprint density at radius 3 is 2.69 bits per heavy atom. The predicted octanol–water partition coefficient (Wildman–Crippen LogP) is 3.43. The van der Waals surface area contributed by atoms with E-state index in [2.05, 4.69) is 10.3 Å². The van der Waals surface area contributed by atoms with E-state index in [-0.39, 0.29) is 18.8 Å². The summed E-state index contributed by atoms with van der Waals surface area (Å²) >= 11 is 0. The van der Waals surface area contributed by atoms with Crippen LogP contribution in [0.4, 0.5) is 23.2 Å². The summed E-state index contributed by atoms with van der Waals surface area (Å²) in [6.07, 6.45) is -2.10. The van der Waals surface area contributed by atoms with Crippen LogP contribution in [0, 0.1) is 5.82 Å². The van der Waals surface area contributed by atoms with E-state index in [1.165, 1.54) is 18.2 Å². The highest BCUT2D eigenvalue weighted by Crippen LogP contribution is 2.37. The number of para-hydroxylation sites is 1. The highest BCUT2D eigenvalue weighted by atomic mass is 19.4. The molecule has 1 aliphatic heterocycles. The molecule has 1 aromatic heterocycles. The van der Waals surface area contributed by atoms with Crippen LogP contribution in [0.1, 0.15) is 36.9 Å². The zero-order valence-corrected chi connectivity index (χ0v) is 17.1. The maximum Gasteiger partial charge on any atom is 0.433 e. The summed E-state index contributed by atoms with van der Waals surface area (Å²) in [5, 5.41) is 12.9. The number of halogens is 4. The van der Waals surface area contributed by atoms with Crippen LogP contribution in [0.15, 0.2) is 36.5 Å². The maximum atomic E-state index is 14.5. The van der Waals surface area contributed by atoms with Crippen LogP contribution in [0.3, 0.4) is 0 Å². The lowest BCUT2D eigenvalue weighted by atomic mass is 9.92. The molecule has 0 spiro atoms. The van der Waals surface area contributed by atoms with Crippen LogP contribution in [0.5, 0.6) is 5.75 Å². The van der Waals surface area contributed by atoms with Crippen LogP contribution >= 0.6 is 0 Å². The van der Waals surface area contributed by atoms with Gasteiger partial charge in [-0.1, -0.05) is 25.0 Å². The summed E-state index contributed by atoms with van der Waals surface area (Å²) in [6, 6.07) is 6.12. The zero-order valence-electron chi connectivity index (χ0n) is 17.1. The molecule has 32 heavy (non-hydrogen) atoms. The van der Waals surface area contributed by atoms with E-state index in [0.717, 1.165) is 25.1 Å². The molecule has 0 bridgehead atoms. The molecule has 2 heterocycles. The Morgan fingerprint density at radius 2 is 2.00 bits per heavy atom. The van der Waals surface area contributed by atoms with E-state index in [1.54, 1.807) is 11.0 Å². The Balaban J connectivity index is 1.54.